The van der Waals surface area contributed by atoms with Gasteiger partial charge in [-0.15, -0.1) is 0 Å². The van der Waals surface area contributed by atoms with Crippen LogP contribution in [0.3, 0.4) is 0 Å². The van der Waals surface area contributed by atoms with Crippen molar-refractivity contribution in [3.05, 3.63) is 0 Å². The minimum Gasteiger partial charge on any atom is -0.379 e. The molecule has 0 saturated carbocycles. The standard InChI is InChI=1S/C11H20N2O3/c1-2-9(14)10-11(12-3-6-16-10)13-4-7-15-8-5-13/h10-12H,2-8H2,1H3. The minimum atomic E-state index is -0.308. The molecule has 2 rings (SSSR count). The Morgan fingerprint density at radius 2 is 2.12 bits per heavy atom. The van der Waals surface area contributed by atoms with E-state index in [2.05, 4.69) is 10.2 Å². The Balaban J connectivity index is 2.00. The van der Waals surface area contributed by atoms with E-state index in [1.54, 1.807) is 0 Å². The number of hydrogen-bond acceptors (Lipinski definition) is 5. The topological polar surface area (TPSA) is 50.8 Å². The average molecular weight is 228 g/mol. The van der Waals surface area contributed by atoms with E-state index >= 15 is 0 Å². The molecule has 5 heteroatoms. The zero-order valence-corrected chi connectivity index (χ0v) is 9.78. The Bertz CT molecular complexity index is 241. The van der Waals surface area contributed by atoms with Crippen molar-refractivity contribution in [2.75, 3.05) is 39.5 Å². The van der Waals surface area contributed by atoms with Crippen LogP contribution in [0.1, 0.15) is 13.3 Å². The molecule has 5 nitrogen and oxygen atoms in total. The molecule has 2 saturated heterocycles. The monoisotopic (exact) mass is 228 g/mol. The number of carbonyl (C=O) groups excluding carboxylic acids is 1. The maximum Gasteiger partial charge on any atom is 0.164 e. The Hall–Kier alpha value is -0.490. The molecular formula is C11H20N2O3. The third kappa shape index (κ3) is 2.60. The lowest BCUT2D eigenvalue weighted by molar-refractivity contribution is -0.143. The van der Waals surface area contributed by atoms with Crippen LogP contribution in [0.4, 0.5) is 0 Å². The van der Waals surface area contributed by atoms with Gasteiger partial charge in [0.2, 0.25) is 0 Å². The fourth-order valence-corrected chi connectivity index (χ4v) is 2.24. The van der Waals surface area contributed by atoms with Crippen molar-refractivity contribution in [2.24, 2.45) is 0 Å². The van der Waals surface area contributed by atoms with Crippen LogP contribution in [-0.2, 0) is 14.3 Å². The van der Waals surface area contributed by atoms with Gasteiger partial charge in [0.25, 0.3) is 0 Å². The van der Waals surface area contributed by atoms with Crippen LogP contribution in [0.5, 0.6) is 0 Å². The summed E-state index contributed by atoms with van der Waals surface area (Å²) in [5.74, 6) is 0.184. The number of ether oxygens (including phenoxy) is 2. The maximum absolute atomic E-state index is 11.8. The van der Waals surface area contributed by atoms with Crippen molar-refractivity contribution in [1.29, 1.82) is 0 Å². The van der Waals surface area contributed by atoms with E-state index in [0.717, 1.165) is 32.8 Å². The highest BCUT2D eigenvalue weighted by Crippen LogP contribution is 2.13. The largest absolute Gasteiger partial charge is 0.379 e. The summed E-state index contributed by atoms with van der Waals surface area (Å²) in [5, 5.41) is 3.38. The molecule has 2 unspecified atom stereocenters. The van der Waals surface area contributed by atoms with Crippen molar-refractivity contribution in [3.63, 3.8) is 0 Å². The van der Waals surface area contributed by atoms with Crippen LogP contribution in [0.2, 0.25) is 0 Å². The molecule has 2 atom stereocenters. The highest BCUT2D eigenvalue weighted by molar-refractivity contribution is 5.83. The zero-order valence-electron chi connectivity index (χ0n) is 9.78. The number of morpholine rings is 2. The summed E-state index contributed by atoms with van der Waals surface area (Å²) >= 11 is 0. The van der Waals surface area contributed by atoms with Gasteiger partial charge in [-0.05, 0) is 0 Å². The Morgan fingerprint density at radius 1 is 1.38 bits per heavy atom. The third-order valence-corrected chi connectivity index (χ3v) is 3.14. The van der Waals surface area contributed by atoms with Crippen LogP contribution in [0.15, 0.2) is 0 Å². The van der Waals surface area contributed by atoms with E-state index in [0.29, 0.717) is 13.0 Å². The van der Waals surface area contributed by atoms with Gasteiger partial charge in [-0.1, -0.05) is 6.92 Å². The van der Waals surface area contributed by atoms with E-state index in [1.165, 1.54) is 0 Å². The SMILES string of the molecule is CCC(=O)C1OCCNC1N1CCOCC1. The number of ketones is 1. The first kappa shape index (κ1) is 12.0. The van der Waals surface area contributed by atoms with Gasteiger partial charge in [-0.25, -0.2) is 0 Å². The zero-order chi connectivity index (χ0) is 11.4. The molecule has 1 N–H and O–H groups in total. The van der Waals surface area contributed by atoms with Crippen LogP contribution in [-0.4, -0.2) is 62.4 Å². The highest BCUT2D eigenvalue weighted by Gasteiger charge is 2.35. The molecular weight excluding hydrogens is 208 g/mol. The molecule has 16 heavy (non-hydrogen) atoms. The second kappa shape index (κ2) is 5.72. The molecule has 0 radical (unpaired) electrons. The van der Waals surface area contributed by atoms with E-state index in [4.69, 9.17) is 9.47 Å². The van der Waals surface area contributed by atoms with Gasteiger partial charge in [-0.3, -0.25) is 15.0 Å². The second-order valence-corrected chi connectivity index (χ2v) is 4.16. The van der Waals surface area contributed by atoms with Crippen LogP contribution >= 0.6 is 0 Å². The average Bonchev–Trinajstić information content (AvgIpc) is 2.39. The molecule has 0 bridgehead atoms. The minimum absolute atomic E-state index is 0.0325. The molecule has 0 amide bonds. The molecule has 0 aromatic carbocycles. The van der Waals surface area contributed by atoms with Gasteiger partial charge in [0.15, 0.2) is 5.78 Å². The smallest absolute Gasteiger partial charge is 0.164 e. The molecule has 2 aliphatic heterocycles. The van der Waals surface area contributed by atoms with Crippen LogP contribution in [0, 0.1) is 0 Å². The van der Waals surface area contributed by atoms with Gasteiger partial charge >= 0.3 is 0 Å². The summed E-state index contributed by atoms with van der Waals surface area (Å²) in [4.78, 5) is 14.0. The maximum atomic E-state index is 11.8. The summed E-state index contributed by atoms with van der Waals surface area (Å²) in [6.45, 7) is 6.54. The predicted octanol–water partition coefficient (Wildman–Crippen LogP) is -0.388. The summed E-state index contributed by atoms with van der Waals surface area (Å²) < 4.78 is 10.9. The molecule has 92 valence electrons. The molecule has 0 aromatic heterocycles. The van der Waals surface area contributed by atoms with Crippen molar-refractivity contribution < 1.29 is 14.3 Å². The molecule has 0 aliphatic carbocycles. The van der Waals surface area contributed by atoms with Crippen molar-refractivity contribution in [2.45, 2.75) is 25.6 Å². The Morgan fingerprint density at radius 3 is 2.81 bits per heavy atom. The van der Waals surface area contributed by atoms with Gasteiger partial charge in [0.1, 0.15) is 6.10 Å². The normalized spacial score (nSPS) is 32.6. The number of nitrogens with zero attached hydrogens (tertiary/aromatic N) is 1. The van der Waals surface area contributed by atoms with Gasteiger partial charge in [0.05, 0.1) is 26.0 Å². The highest BCUT2D eigenvalue weighted by atomic mass is 16.5. The summed E-state index contributed by atoms with van der Waals surface area (Å²) in [7, 11) is 0. The van der Waals surface area contributed by atoms with Gasteiger partial charge < -0.3 is 9.47 Å². The van der Waals surface area contributed by atoms with Crippen LogP contribution < -0.4 is 5.32 Å². The lowest BCUT2D eigenvalue weighted by Crippen LogP contribution is -2.62. The summed E-state index contributed by atoms with van der Waals surface area (Å²) in [6, 6.07) is 0. The van der Waals surface area contributed by atoms with Gasteiger partial charge in [-0.2, -0.15) is 0 Å². The molecule has 2 heterocycles. The van der Waals surface area contributed by atoms with Crippen molar-refractivity contribution in [1.82, 2.24) is 10.2 Å². The number of hydrogen-bond donors (Lipinski definition) is 1. The van der Waals surface area contributed by atoms with Crippen molar-refractivity contribution >= 4 is 5.78 Å². The Labute approximate surface area is 96.1 Å². The van der Waals surface area contributed by atoms with E-state index < -0.39 is 0 Å². The quantitative estimate of drug-likeness (QED) is 0.713. The first-order valence-electron chi connectivity index (χ1n) is 6.02. The van der Waals surface area contributed by atoms with Crippen LogP contribution in [0.25, 0.3) is 0 Å². The van der Waals surface area contributed by atoms with E-state index in [1.807, 2.05) is 6.92 Å². The lowest BCUT2D eigenvalue weighted by atomic mass is 10.1. The first-order chi connectivity index (χ1) is 7.83. The number of carbonyl (C=O) groups is 1. The van der Waals surface area contributed by atoms with Crippen molar-refractivity contribution in [3.8, 4) is 0 Å². The van der Waals surface area contributed by atoms with Gasteiger partial charge in [0, 0.05) is 26.1 Å². The first-order valence-corrected chi connectivity index (χ1v) is 6.02. The number of Topliss-reactive ketones (excluding diaryl/α,β-unsaturated/α-hetero) is 1. The van der Waals surface area contributed by atoms with E-state index in [9.17, 15) is 4.79 Å². The second-order valence-electron chi connectivity index (χ2n) is 4.16. The summed E-state index contributed by atoms with van der Waals surface area (Å²) in [5.41, 5.74) is 0. The Kier molecular flexibility index (Phi) is 4.29. The fraction of sp³-hybridized carbons (Fsp3) is 0.909. The lowest BCUT2D eigenvalue weighted by Gasteiger charge is -2.41. The number of nitrogens with one attached hydrogen (secondary N) is 1. The fourth-order valence-electron chi connectivity index (χ4n) is 2.24. The molecule has 0 spiro atoms. The summed E-state index contributed by atoms with van der Waals surface area (Å²) in [6.07, 6.45) is 0.259. The molecule has 2 aliphatic rings. The number of rotatable bonds is 3. The molecule has 0 aromatic rings. The molecule has 2 fully saturated rings. The third-order valence-electron chi connectivity index (χ3n) is 3.14. The van der Waals surface area contributed by atoms with E-state index in [-0.39, 0.29) is 18.1 Å². The predicted molar refractivity (Wildman–Crippen MR) is 59.2 cm³/mol.